The number of carbonyl (C=O) groups excluding carboxylic acids is 1. The van der Waals surface area contributed by atoms with Crippen LogP contribution in [0.3, 0.4) is 0 Å². The van der Waals surface area contributed by atoms with Crippen molar-refractivity contribution in [2.75, 3.05) is 31.9 Å². The standard InChI is InChI=1S/C20H32N4O5S2/c1-15-21-18(13-22(15)4)31(28,29)24-9-5-8-23(10-11-24)30(26,27)14-20-7-6-16(12-17(20)25)19(20,2)3/h13,16H,5-12,14H2,1-4H3. The minimum Gasteiger partial charge on any atom is -0.337 e. The minimum absolute atomic E-state index is 0.0157. The van der Waals surface area contributed by atoms with Crippen molar-refractivity contribution in [3.63, 3.8) is 0 Å². The number of carbonyl (C=O) groups is 1. The highest BCUT2D eigenvalue weighted by Gasteiger charge is 2.65. The normalized spacial score (nSPS) is 30.1. The van der Waals surface area contributed by atoms with Gasteiger partial charge in [0.15, 0.2) is 5.03 Å². The van der Waals surface area contributed by atoms with Gasteiger partial charge in [0.05, 0.1) is 5.75 Å². The van der Waals surface area contributed by atoms with E-state index in [0.29, 0.717) is 25.1 Å². The molecule has 2 bridgehead atoms. The van der Waals surface area contributed by atoms with E-state index in [2.05, 4.69) is 4.98 Å². The number of hydrogen-bond acceptors (Lipinski definition) is 6. The number of aryl methyl sites for hydroxylation is 2. The van der Waals surface area contributed by atoms with E-state index in [4.69, 9.17) is 0 Å². The van der Waals surface area contributed by atoms with E-state index in [1.54, 1.807) is 18.5 Å². The quantitative estimate of drug-likeness (QED) is 0.636. The Labute approximate surface area is 184 Å². The van der Waals surface area contributed by atoms with E-state index < -0.39 is 25.5 Å². The van der Waals surface area contributed by atoms with Crippen LogP contribution in [0.5, 0.6) is 0 Å². The molecule has 0 spiro atoms. The zero-order valence-electron chi connectivity index (χ0n) is 18.7. The molecule has 11 heteroatoms. The SMILES string of the molecule is Cc1nc(S(=O)(=O)N2CCCN(S(=O)(=O)CC34CCC(CC3=O)C4(C)C)CC2)cn1C. The van der Waals surface area contributed by atoms with Crippen molar-refractivity contribution >= 4 is 25.8 Å². The van der Waals surface area contributed by atoms with Crippen LogP contribution in [-0.2, 0) is 31.9 Å². The number of aromatic nitrogens is 2. The zero-order chi connectivity index (χ0) is 22.8. The molecule has 9 nitrogen and oxygen atoms in total. The van der Waals surface area contributed by atoms with Crippen LogP contribution in [0.25, 0.3) is 0 Å². The van der Waals surface area contributed by atoms with Crippen LogP contribution in [0.2, 0.25) is 0 Å². The van der Waals surface area contributed by atoms with Gasteiger partial charge in [-0.2, -0.15) is 4.31 Å². The second kappa shape index (κ2) is 7.36. The smallest absolute Gasteiger partial charge is 0.262 e. The summed E-state index contributed by atoms with van der Waals surface area (Å²) in [5.41, 5.74) is -1.14. The first-order valence-corrected chi connectivity index (χ1v) is 13.9. The number of fused-ring (bicyclic) bond motifs is 2. The molecule has 1 saturated heterocycles. The van der Waals surface area contributed by atoms with Gasteiger partial charge in [-0.3, -0.25) is 4.79 Å². The lowest BCUT2D eigenvalue weighted by Gasteiger charge is -2.37. The fourth-order valence-corrected chi connectivity index (χ4v) is 9.43. The highest BCUT2D eigenvalue weighted by molar-refractivity contribution is 7.89. The first-order chi connectivity index (χ1) is 14.3. The summed E-state index contributed by atoms with van der Waals surface area (Å²) in [4.78, 5) is 16.9. The molecule has 2 saturated carbocycles. The Morgan fingerprint density at radius 1 is 1.10 bits per heavy atom. The molecule has 3 fully saturated rings. The summed E-state index contributed by atoms with van der Waals surface area (Å²) in [6, 6.07) is 0. The predicted molar refractivity (Wildman–Crippen MR) is 115 cm³/mol. The first-order valence-electron chi connectivity index (χ1n) is 10.8. The lowest BCUT2D eigenvalue weighted by molar-refractivity contribution is -0.128. The molecule has 2 heterocycles. The lowest BCUT2D eigenvalue weighted by Crippen LogP contribution is -2.47. The number of nitrogens with zero attached hydrogens (tertiary/aromatic N) is 4. The van der Waals surface area contributed by atoms with Crippen LogP contribution in [0, 0.1) is 23.7 Å². The van der Waals surface area contributed by atoms with Crippen LogP contribution in [0.4, 0.5) is 0 Å². The van der Waals surface area contributed by atoms with Gasteiger partial charge in [0.2, 0.25) is 10.0 Å². The van der Waals surface area contributed by atoms with Gasteiger partial charge in [-0.05, 0) is 37.5 Å². The summed E-state index contributed by atoms with van der Waals surface area (Å²) in [7, 11) is -5.76. The molecule has 174 valence electrons. The molecule has 2 aliphatic carbocycles. The maximum absolute atomic E-state index is 13.4. The van der Waals surface area contributed by atoms with Crippen molar-refractivity contribution in [2.45, 2.75) is 51.5 Å². The topological polar surface area (TPSA) is 110 Å². The zero-order valence-corrected chi connectivity index (χ0v) is 20.3. The predicted octanol–water partition coefficient (Wildman–Crippen LogP) is 1.15. The van der Waals surface area contributed by atoms with Crippen LogP contribution < -0.4 is 0 Å². The lowest BCUT2D eigenvalue weighted by atomic mass is 9.70. The van der Waals surface area contributed by atoms with E-state index in [0.717, 1.165) is 6.42 Å². The average molecular weight is 473 g/mol. The van der Waals surface area contributed by atoms with Crippen molar-refractivity contribution < 1.29 is 21.6 Å². The van der Waals surface area contributed by atoms with Gasteiger partial charge >= 0.3 is 0 Å². The van der Waals surface area contributed by atoms with E-state index in [9.17, 15) is 21.6 Å². The van der Waals surface area contributed by atoms with Gasteiger partial charge in [0, 0.05) is 51.3 Å². The fourth-order valence-electron chi connectivity index (χ4n) is 5.68. The third-order valence-electron chi connectivity index (χ3n) is 8.07. The molecule has 2 unspecified atom stereocenters. The van der Waals surface area contributed by atoms with Crippen molar-refractivity contribution in [3.05, 3.63) is 12.0 Å². The summed E-state index contributed by atoms with van der Waals surface area (Å²) in [6.07, 6.45) is 3.86. The number of sulfonamides is 2. The van der Waals surface area contributed by atoms with Gasteiger partial charge in [-0.1, -0.05) is 13.8 Å². The largest absolute Gasteiger partial charge is 0.337 e. The van der Waals surface area contributed by atoms with Gasteiger partial charge in [-0.25, -0.2) is 26.1 Å². The maximum atomic E-state index is 13.4. The minimum atomic E-state index is -3.79. The third kappa shape index (κ3) is 3.48. The van der Waals surface area contributed by atoms with Gasteiger partial charge in [0.1, 0.15) is 11.6 Å². The third-order valence-corrected chi connectivity index (χ3v) is 11.8. The Morgan fingerprint density at radius 3 is 2.29 bits per heavy atom. The van der Waals surface area contributed by atoms with E-state index in [1.165, 1.54) is 14.8 Å². The molecule has 0 aromatic carbocycles. The molecule has 1 aromatic heterocycles. The highest BCUT2D eigenvalue weighted by Crippen LogP contribution is 2.64. The van der Waals surface area contributed by atoms with Crippen molar-refractivity contribution in [2.24, 2.45) is 23.8 Å². The van der Waals surface area contributed by atoms with Crippen molar-refractivity contribution in [3.8, 4) is 0 Å². The molecule has 31 heavy (non-hydrogen) atoms. The Morgan fingerprint density at radius 2 is 1.74 bits per heavy atom. The summed E-state index contributed by atoms with van der Waals surface area (Å²) in [5, 5.41) is -0.0157. The number of hydrogen-bond donors (Lipinski definition) is 0. The Balaban J connectivity index is 1.51. The fraction of sp³-hybridized carbons (Fsp3) is 0.800. The van der Waals surface area contributed by atoms with Crippen molar-refractivity contribution in [1.29, 1.82) is 0 Å². The summed E-state index contributed by atoms with van der Waals surface area (Å²) < 4.78 is 57.1. The average Bonchev–Trinajstić information content (AvgIpc) is 3.08. The number of imidazole rings is 1. The molecule has 0 radical (unpaired) electrons. The summed E-state index contributed by atoms with van der Waals surface area (Å²) in [5.74, 6) is 0.744. The monoisotopic (exact) mass is 472 g/mol. The molecular weight excluding hydrogens is 440 g/mol. The maximum Gasteiger partial charge on any atom is 0.262 e. The Bertz CT molecular complexity index is 1090. The molecule has 2 atom stereocenters. The summed E-state index contributed by atoms with van der Waals surface area (Å²) >= 11 is 0. The molecule has 0 amide bonds. The molecule has 1 aliphatic heterocycles. The van der Waals surface area contributed by atoms with Crippen LogP contribution in [0.1, 0.15) is 45.4 Å². The number of Topliss-reactive ketones (excluding diaryl/α,β-unsaturated/α-hetero) is 1. The molecule has 0 N–H and O–H groups in total. The van der Waals surface area contributed by atoms with Gasteiger partial charge in [-0.15, -0.1) is 0 Å². The highest BCUT2D eigenvalue weighted by atomic mass is 32.2. The summed E-state index contributed by atoms with van der Waals surface area (Å²) in [6.45, 7) is 6.43. The molecule has 1 aromatic rings. The van der Waals surface area contributed by atoms with Crippen LogP contribution in [0.15, 0.2) is 11.2 Å². The molecule has 3 aliphatic rings. The van der Waals surface area contributed by atoms with Crippen molar-refractivity contribution in [1.82, 2.24) is 18.2 Å². The van der Waals surface area contributed by atoms with Crippen LogP contribution in [-0.4, -0.2) is 72.7 Å². The van der Waals surface area contributed by atoms with Gasteiger partial charge in [0.25, 0.3) is 10.0 Å². The molecular formula is C20H32N4O5S2. The Hall–Kier alpha value is -1.30. The second-order valence-corrected chi connectivity index (χ2v) is 13.7. The first kappa shape index (κ1) is 22.9. The molecule has 4 rings (SSSR count). The Kier molecular flexibility index (Phi) is 5.43. The van der Waals surface area contributed by atoms with Crippen LogP contribution >= 0.6 is 0 Å². The second-order valence-electron chi connectivity index (χ2n) is 9.82. The number of rotatable bonds is 5. The van der Waals surface area contributed by atoms with E-state index in [-0.39, 0.29) is 54.1 Å². The van der Waals surface area contributed by atoms with E-state index >= 15 is 0 Å². The van der Waals surface area contributed by atoms with Gasteiger partial charge < -0.3 is 4.57 Å². The number of ketones is 1. The van der Waals surface area contributed by atoms with E-state index in [1.807, 2.05) is 13.8 Å².